The van der Waals surface area contributed by atoms with E-state index >= 15 is 0 Å². The highest BCUT2D eigenvalue weighted by Gasteiger charge is 2.22. The van der Waals surface area contributed by atoms with E-state index in [9.17, 15) is 15.0 Å². The normalized spacial score (nSPS) is 13.4. The van der Waals surface area contributed by atoms with Gasteiger partial charge in [-0.05, 0) is 6.42 Å². The van der Waals surface area contributed by atoms with Crippen molar-refractivity contribution in [3.63, 3.8) is 0 Å². The predicted octanol–water partition coefficient (Wildman–Crippen LogP) is 7.39. The van der Waals surface area contributed by atoms with Crippen LogP contribution in [-0.2, 0) is 4.79 Å². The minimum atomic E-state index is -1.64. The third-order valence-electron chi connectivity index (χ3n) is 6.22. The van der Waals surface area contributed by atoms with E-state index in [4.69, 9.17) is 5.11 Å². The van der Waals surface area contributed by atoms with Gasteiger partial charge in [0.1, 0.15) is 0 Å². The summed E-state index contributed by atoms with van der Waals surface area (Å²) in [5.74, 6) is -1.34. The van der Waals surface area contributed by atoms with Gasteiger partial charge in [-0.3, -0.25) is 0 Å². The van der Waals surface area contributed by atoms with Crippen molar-refractivity contribution in [2.24, 2.45) is 0 Å². The first-order valence-corrected chi connectivity index (χ1v) is 13.2. The van der Waals surface area contributed by atoms with E-state index in [0.717, 1.165) is 19.3 Å². The maximum Gasteiger partial charge on any atom is 0.335 e. The molecule has 3 N–H and O–H groups in total. The van der Waals surface area contributed by atoms with Gasteiger partial charge in [0, 0.05) is 0 Å². The summed E-state index contributed by atoms with van der Waals surface area (Å²) in [5.41, 5.74) is 0. The van der Waals surface area contributed by atoms with E-state index in [2.05, 4.69) is 6.92 Å². The van der Waals surface area contributed by atoms with Crippen LogP contribution in [0.15, 0.2) is 0 Å². The molecule has 0 aromatic carbocycles. The number of aliphatic carboxylic acids is 1. The maximum atomic E-state index is 10.5. The molecule has 2 atom stereocenters. The first-order valence-electron chi connectivity index (χ1n) is 13.2. The Morgan fingerprint density at radius 2 is 0.800 bits per heavy atom. The Balaban J connectivity index is 3.12. The van der Waals surface area contributed by atoms with Crippen LogP contribution in [0.4, 0.5) is 0 Å². The first kappa shape index (κ1) is 29.4. The molecule has 0 aliphatic carbocycles. The van der Waals surface area contributed by atoms with Crippen LogP contribution < -0.4 is 0 Å². The predicted molar refractivity (Wildman–Crippen MR) is 127 cm³/mol. The zero-order valence-corrected chi connectivity index (χ0v) is 20.0. The lowest BCUT2D eigenvalue weighted by atomic mass is 10.0. The van der Waals surface area contributed by atoms with E-state index in [1.165, 1.54) is 116 Å². The standard InChI is InChI=1S/C26H52O4/c1-2-3-4-5-6-7-8-9-10-11-12-13-14-15-16-17-18-19-20-21-22-23-24(27)25(28)26(29)30/h24-25,27-28H,2-23H2,1H3,(H,29,30). The third kappa shape index (κ3) is 20.7. The third-order valence-corrected chi connectivity index (χ3v) is 6.22. The number of unbranched alkanes of at least 4 members (excludes halogenated alkanes) is 20. The summed E-state index contributed by atoms with van der Waals surface area (Å²) >= 11 is 0. The highest BCUT2D eigenvalue weighted by atomic mass is 16.4. The molecule has 0 aliphatic heterocycles. The Labute approximate surface area is 186 Å². The first-order chi connectivity index (χ1) is 14.6. The fourth-order valence-electron chi connectivity index (χ4n) is 4.11. The Morgan fingerprint density at radius 1 is 0.533 bits per heavy atom. The van der Waals surface area contributed by atoms with Gasteiger partial charge in [0.25, 0.3) is 0 Å². The average Bonchev–Trinajstić information content (AvgIpc) is 2.74. The number of hydrogen-bond acceptors (Lipinski definition) is 3. The zero-order valence-electron chi connectivity index (χ0n) is 20.0. The molecule has 2 unspecified atom stereocenters. The van der Waals surface area contributed by atoms with Gasteiger partial charge in [-0.2, -0.15) is 0 Å². The molecular formula is C26H52O4. The summed E-state index contributed by atoms with van der Waals surface area (Å²) in [6.45, 7) is 2.28. The van der Waals surface area contributed by atoms with Gasteiger partial charge in [-0.15, -0.1) is 0 Å². The van der Waals surface area contributed by atoms with Crippen molar-refractivity contribution in [2.45, 2.75) is 160 Å². The second kappa shape index (κ2) is 23.1. The largest absolute Gasteiger partial charge is 0.479 e. The Bertz CT molecular complexity index is 359. The molecule has 0 saturated heterocycles. The Morgan fingerprint density at radius 3 is 1.07 bits per heavy atom. The summed E-state index contributed by atoms with van der Waals surface area (Å²) in [6, 6.07) is 0. The van der Waals surface area contributed by atoms with Gasteiger partial charge in [0.2, 0.25) is 0 Å². The number of carboxylic acids is 1. The van der Waals surface area contributed by atoms with E-state index in [1.54, 1.807) is 0 Å². The van der Waals surface area contributed by atoms with E-state index in [-0.39, 0.29) is 0 Å². The molecule has 0 spiro atoms. The summed E-state index contributed by atoms with van der Waals surface area (Å²) in [7, 11) is 0. The molecule has 180 valence electrons. The van der Waals surface area contributed by atoms with Crippen LogP contribution in [0.25, 0.3) is 0 Å². The second-order valence-electron chi connectivity index (χ2n) is 9.21. The number of rotatable bonds is 24. The highest BCUT2D eigenvalue weighted by Crippen LogP contribution is 2.15. The lowest BCUT2D eigenvalue weighted by Crippen LogP contribution is -2.33. The molecule has 0 saturated carbocycles. The minimum Gasteiger partial charge on any atom is -0.479 e. The van der Waals surface area contributed by atoms with Gasteiger partial charge in [0.15, 0.2) is 6.10 Å². The lowest BCUT2D eigenvalue weighted by molar-refractivity contribution is -0.153. The molecular weight excluding hydrogens is 376 g/mol. The Kier molecular flexibility index (Phi) is 22.6. The van der Waals surface area contributed by atoms with Gasteiger partial charge >= 0.3 is 5.97 Å². The number of carboxylic acid groups (broad SMARTS) is 1. The van der Waals surface area contributed by atoms with Gasteiger partial charge in [-0.25, -0.2) is 4.79 Å². The molecule has 0 fully saturated rings. The van der Waals surface area contributed by atoms with Crippen molar-refractivity contribution >= 4 is 5.97 Å². The van der Waals surface area contributed by atoms with Crippen molar-refractivity contribution in [3.8, 4) is 0 Å². The molecule has 0 rings (SSSR count). The maximum absolute atomic E-state index is 10.5. The summed E-state index contributed by atoms with van der Waals surface area (Å²) < 4.78 is 0. The quantitative estimate of drug-likeness (QED) is 0.140. The van der Waals surface area contributed by atoms with Crippen LogP contribution in [0.5, 0.6) is 0 Å². The van der Waals surface area contributed by atoms with Crippen molar-refractivity contribution in [1.82, 2.24) is 0 Å². The summed E-state index contributed by atoms with van der Waals surface area (Å²) in [6.07, 6.45) is 25.5. The minimum absolute atomic E-state index is 0.368. The van der Waals surface area contributed by atoms with Crippen LogP contribution in [0, 0.1) is 0 Å². The molecule has 4 nitrogen and oxygen atoms in total. The number of aliphatic hydroxyl groups excluding tert-OH is 2. The fourth-order valence-corrected chi connectivity index (χ4v) is 4.11. The number of aliphatic hydroxyl groups is 2. The molecule has 0 radical (unpaired) electrons. The molecule has 0 aliphatic rings. The molecule has 0 aromatic heterocycles. The summed E-state index contributed by atoms with van der Waals surface area (Å²) in [4.78, 5) is 10.5. The summed E-state index contributed by atoms with van der Waals surface area (Å²) in [5, 5.41) is 27.3. The molecule has 0 heterocycles. The van der Waals surface area contributed by atoms with E-state index < -0.39 is 18.2 Å². The van der Waals surface area contributed by atoms with Gasteiger partial charge in [-0.1, -0.05) is 142 Å². The topological polar surface area (TPSA) is 77.8 Å². The molecule has 0 bridgehead atoms. The molecule has 0 amide bonds. The highest BCUT2D eigenvalue weighted by molar-refractivity contribution is 5.72. The van der Waals surface area contributed by atoms with Crippen molar-refractivity contribution in [1.29, 1.82) is 0 Å². The van der Waals surface area contributed by atoms with E-state index in [1.807, 2.05) is 0 Å². The zero-order chi connectivity index (χ0) is 22.3. The van der Waals surface area contributed by atoms with E-state index in [0.29, 0.717) is 6.42 Å². The van der Waals surface area contributed by atoms with Gasteiger partial charge < -0.3 is 15.3 Å². The monoisotopic (exact) mass is 428 g/mol. The van der Waals surface area contributed by atoms with Crippen molar-refractivity contribution in [3.05, 3.63) is 0 Å². The van der Waals surface area contributed by atoms with Crippen molar-refractivity contribution in [2.75, 3.05) is 0 Å². The number of carbonyl (C=O) groups is 1. The van der Waals surface area contributed by atoms with Crippen molar-refractivity contribution < 1.29 is 20.1 Å². The van der Waals surface area contributed by atoms with Crippen LogP contribution in [0.2, 0.25) is 0 Å². The van der Waals surface area contributed by atoms with Crippen LogP contribution in [0.3, 0.4) is 0 Å². The van der Waals surface area contributed by atoms with Crippen LogP contribution in [0.1, 0.15) is 148 Å². The molecule has 0 aromatic rings. The van der Waals surface area contributed by atoms with Crippen LogP contribution >= 0.6 is 0 Å². The number of hydrogen-bond donors (Lipinski definition) is 3. The van der Waals surface area contributed by atoms with Gasteiger partial charge in [0.05, 0.1) is 6.10 Å². The SMILES string of the molecule is CCCCCCCCCCCCCCCCCCCCCCCC(O)C(O)C(=O)O. The molecule has 4 heteroatoms. The Hall–Kier alpha value is -0.610. The average molecular weight is 429 g/mol. The lowest BCUT2D eigenvalue weighted by Gasteiger charge is -2.13. The smallest absolute Gasteiger partial charge is 0.335 e. The molecule has 30 heavy (non-hydrogen) atoms. The fraction of sp³-hybridized carbons (Fsp3) is 0.962. The second-order valence-corrected chi connectivity index (χ2v) is 9.21. The van der Waals surface area contributed by atoms with Crippen LogP contribution in [-0.4, -0.2) is 33.5 Å².